The van der Waals surface area contributed by atoms with Crippen LogP contribution < -0.4 is 5.32 Å². The molecule has 4 heteroatoms. The van der Waals surface area contributed by atoms with Crippen molar-refractivity contribution in [2.75, 3.05) is 13.2 Å². The van der Waals surface area contributed by atoms with Crippen molar-refractivity contribution < 1.29 is 4.74 Å². The lowest BCUT2D eigenvalue weighted by molar-refractivity contribution is 0.178. The summed E-state index contributed by atoms with van der Waals surface area (Å²) in [4.78, 5) is 4.05. The normalized spacial score (nSPS) is 21.1. The highest BCUT2D eigenvalue weighted by molar-refractivity contribution is 5.30. The number of nitrogens with one attached hydrogen (secondary N) is 1. The van der Waals surface area contributed by atoms with Gasteiger partial charge in [0.15, 0.2) is 0 Å². The van der Waals surface area contributed by atoms with Gasteiger partial charge in [-0.1, -0.05) is 6.07 Å². The number of ether oxygens (including phenoxy) is 1. The van der Waals surface area contributed by atoms with Gasteiger partial charge in [-0.3, -0.25) is 0 Å². The number of rotatable bonds is 4. The van der Waals surface area contributed by atoms with Crippen LogP contribution in [0.2, 0.25) is 0 Å². The van der Waals surface area contributed by atoms with Crippen LogP contribution in [0.3, 0.4) is 0 Å². The molecule has 2 atom stereocenters. The Kier molecular flexibility index (Phi) is 4.08. The van der Waals surface area contributed by atoms with Gasteiger partial charge in [0.25, 0.3) is 0 Å². The second-order valence-electron chi connectivity index (χ2n) is 4.42. The van der Waals surface area contributed by atoms with E-state index in [1.54, 1.807) is 6.20 Å². The number of hydrogen-bond acceptors (Lipinski definition) is 4. The van der Waals surface area contributed by atoms with Crippen molar-refractivity contribution in [1.82, 2.24) is 10.3 Å². The summed E-state index contributed by atoms with van der Waals surface area (Å²) in [5, 5.41) is 12.4. The Morgan fingerprint density at radius 2 is 2.59 bits per heavy atom. The van der Waals surface area contributed by atoms with Gasteiger partial charge in [-0.2, -0.15) is 5.26 Å². The second-order valence-corrected chi connectivity index (χ2v) is 4.42. The van der Waals surface area contributed by atoms with Crippen molar-refractivity contribution in [3.05, 3.63) is 29.6 Å². The number of aromatic nitrogens is 1. The van der Waals surface area contributed by atoms with Crippen LogP contribution in [0.15, 0.2) is 18.3 Å². The van der Waals surface area contributed by atoms with Gasteiger partial charge in [0.2, 0.25) is 0 Å². The highest BCUT2D eigenvalue weighted by Gasteiger charge is 2.21. The molecule has 1 aliphatic heterocycles. The zero-order chi connectivity index (χ0) is 12.1. The van der Waals surface area contributed by atoms with Gasteiger partial charge in [-0.15, -0.1) is 0 Å². The monoisotopic (exact) mass is 231 g/mol. The van der Waals surface area contributed by atoms with Crippen LogP contribution in [0, 0.1) is 17.2 Å². The van der Waals surface area contributed by atoms with Crippen molar-refractivity contribution in [2.24, 2.45) is 5.92 Å². The summed E-state index contributed by atoms with van der Waals surface area (Å²) < 4.78 is 5.37. The summed E-state index contributed by atoms with van der Waals surface area (Å²) in [5.74, 6) is 0.581. The van der Waals surface area contributed by atoms with E-state index < -0.39 is 0 Å². The lowest BCUT2D eigenvalue weighted by Crippen LogP contribution is -2.33. The summed E-state index contributed by atoms with van der Waals surface area (Å²) in [6, 6.07) is 6.32. The van der Waals surface area contributed by atoms with Gasteiger partial charge >= 0.3 is 0 Å². The molecule has 1 fully saturated rings. The Hall–Kier alpha value is -1.44. The number of pyridine rings is 1. The minimum Gasteiger partial charge on any atom is -0.381 e. The molecule has 0 amide bonds. The molecule has 2 rings (SSSR count). The fourth-order valence-corrected chi connectivity index (χ4v) is 2.07. The SMILES string of the molecule is CC(NCc1cccnc1C#N)C1CCOC1. The molecule has 1 saturated heterocycles. The van der Waals surface area contributed by atoms with Gasteiger partial charge in [0.1, 0.15) is 11.8 Å². The standard InChI is InChI=1S/C13H17N3O/c1-10(12-4-6-17-9-12)16-8-11-3-2-5-15-13(11)7-14/h2-3,5,10,12,16H,4,6,8-9H2,1H3. The highest BCUT2D eigenvalue weighted by Crippen LogP contribution is 2.16. The van der Waals surface area contributed by atoms with Gasteiger partial charge in [-0.05, 0) is 25.3 Å². The van der Waals surface area contributed by atoms with Crippen molar-refractivity contribution in [1.29, 1.82) is 5.26 Å². The maximum atomic E-state index is 8.93. The van der Waals surface area contributed by atoms with Gasteiger partial charge in [0.05, 0.1) is 6.61 Å². The van der Waals surface area contributed by atoms with Crippen molar-refractivity contribution >= 4 is 0 Å². The average molecular weight is 231 g/mol. The molecule has 0 radical (unpaired) electrons. The smallest absolute Gasteiger partial charge is 0.144 e. The molecule has 0 aromatic carbocycles. The molecular weight excluding hydrogens is 214 g/mol. The molecule has 1 aromatic heterocycles. The summed E-state index contributed by atoms with van der Waals surface area (Å²) in [7, 11) is 0. The van der Waals surface area contributed by atoms with E-state index in [4.69, 9.17) is 10.00 Å². The Bertz CT molecular complexity index is 407. The largest absolute Gasteiger partial charge is 0.381 e. The summed E-state index contributed by atoms with van der Waals surface area (Å²) >= 11 is 0. The Balaban J connectivity index is 1.91. The molecule has 0 bridgehead atoms. The zero-order valence-corrected chi connectivity index (χ0v) is 10.0. The third-order valence-electron chi connectivity index (χ3n) is 3.28. The first kappa shape index (κ1) is 12.0. The van der Waals surface area contributed by atoms with Crippen molar-refractivity contribution in [3.63, 3.8) is 0 Å². The predicted molar refractivity (Wildman–Crippen MR) is 64.2 cm³/mol. The first-order valence-electron chi connectivity index (χ1n) is 5.96. The molecule has 17 heavy (non-hydrogen) atoms. The zero-order valence-electron chi connectivity index (χ0n) is 10.0. The molecular formula is C13H17N3O. The molecule has 2 heterocycles. The number of nitrogens with zero attached hydrogens (tertiary/aromatic N) is 2. The lowest BCUT2D eigenvalue weighted by Gasteiger charge is -2.19. The third-order valence-corrected chi connectivity index (χ3v) is 3.28. The molecule has 90 valence electrons. The van der Waals surface area contributed by atoms with Crippen molar-refractivity contribution in [2.45, 2.75) is 25.9 Å². The lowest BCUT2D eigenvalue weighted by atomic mass is 10.0. The van der Waals surface area contributed by atoms with E-state index in [0.717, 1.165) is 25.2 Å². The Morgan fingerprint density at radius 3 is 3.29 bits per heavy atom. The minimum atomic E-state index is 0.407. The molecule has 0 saturated carbocycles. The maximum absolute atomic E-state index is 8.93. The predicted octanol–water partition coefficient (Wildman–Crippen LogP) is 1.47. The molecule has 2 unspecified atom stereocenters. The van der Waals surface area contributed by atoms with Crippen LogP contribution >= 0.6 is 0 Å². The first-order valence-corrected chi connectivity index (χ1v) is 5.96. The third kappa shape index (κ3) is 3.02. The molecule has 1 N–H and O–H groups in total. The van der Waals surface area contributed by atoms with Crippen LogP contribution in [0.25, 0.3) is 0 Å². The van der Waals surface area contributed by atoms with E-state index >= 15 is 0 Å². The van der Waals surface area contributed by atoms with Crippen molar-refractivity contribution in [3.8, 4) is 6.07 Å². The molecule has 1 aromatic rings. The topological polar surface area (TPSA) is 57.9 Å². The van der Waals surface area contributed by atoms with Gasteiger partial charge in [0, 0.05) is 31.0 Å². The van der Waals surface area contributed by atoms with Crippen LogP contribution in [0.1, 0.15) is 24.6 Å². The highest BCUT2D eigenvalue weighted by atomic mass is 16.5. The number of hydrogen-bond donors (Lipinski definition) is 1. The molecule has 1 aliphatic rings. The minimum absolute atomic E-state index is 0.407. The van der Waals surface area contributed by atoms with E-state index in [9.17, 15) is 0 Å². The summed E-state index contributed by atoms with van der Waals surface area (Å²) in [5.41, 5.74) is 1.47. The number of nitriles is 1. The Morgan fingerprint density at radius 1 is 1.71 bits per heavy atom. The van der Waals surface area contributed by atoms with Crippen LogP contribution in [-0.4, -0.2) is 24.2 Å². The van der Waals surface area contributed by atoms with E-state index in [0.29, 0.717) is 24.2 Å². The van der Waals surface area contributed by atoms with E-state index in [1.165, 1.54) is 0 Å². The summed E-state index contributed by atoms with van der Waals surface area (Å²) in [6.45, 7) is 4.56. The van der Waals surface area contributed by atoms with Crippen LogP contribution in [0.5, 0.6) is 0 Å². The molecule has 4 nitrogen and oxygen atoms in total. The molecule has 0 spiro atoms. The second kappa shape index (κ2) is 5.76. The molecule has 0 aliphatic carbocycles. The fraction of sp³-hybridized carbons (Fsp3) is 0.538. The maximum Gasteiger partial charge on any atom is 0.144 e. The van der Waals surface area contributed by atoms with Crippen LogP contribution in [-0.2, 0) is 11.3 Å². The average Bonchev–Trinajstić information content (AvgIpc) is 2.90. The van der Waals surface area contributed by atoms with Gasteiger partial charge < -0.3 is 10.1 Å². The van der Waals surface area contributed by atoms with Crippen LogP contribution in [0.4, 0.5) is 0 Å². The van der Waals surface area contributed by atoms with E-state index in [-0.39, 0.29) is 0 Å². The fourth-order valence-electron chi connectivity index (χ4n) is 2.07. The van der Waals surface area contributed by atoms with Gasteiger partial charge in [-0.25, -0.2) is 4.98 Å². The quantitative estimate of drug-likeness (QED) is 0.852. The Labute approximate surface area is 102 Å². The summed E-state index contributed by atoms with van der Waals surface area (Å²) in [6.07, 6.45) is 2.77. The first-order chi connectivity index (χ1) is 8.31. The van der Waals surface area contributed by atoms with E-state index in [1.807, 2.05) is 12.1 Å². The van der Waals surface area contributed by atoms with E-state index in [2.05, 4.69) is 23.3 Å².